The summed E-state index contributed by atoms with van der Waals surface area (Å²) in [5, 5.41) is 5.45. The van der Waals surface area contributed by atoms with Gasteiger partial charge in [-0.25, -0.2) is 0 Å². The van der Waals surface area contributed by atoms with Crippen molar-refractivity contribution in [2.24, 2.45) is 11.7 Å². The van der Waals surface area contributed by atoms with Crippen molar-refractivity contribution >= 4 is 23.5 Å². The highest BCUT2D eigenvalue weighted by atomic mass is 16.2. The third-order valence-electron chi connectivity index (χ3n) is 4.23. The molecule has 0 aliphatic heterocycles. The van der Waals surface area contributed by atoms with Crippen LogP contribution in [-0.2, 0) is 19.2 Å². The summed E-state index contributed by atoms with van der Waals surface area (Å²) >= 11 is 0. The van der Waals surface area contributed by atoms with Gasteiger partial charge in [0.05, 0.1) is 0 Å². The molecule has 0 aromatic rings. The van der Waals surface area contributed by atoms with Crippen LogP contribution >= 0.6 is 0 Å². The largest absolute Gasteiger partial charge is 0.354 e. The maximum Gasteiger partial charge on any atom is 0.243 e. The van der Waals surface area contributed by atoms with Crippen molar-refractivity contribution in [3.05, 3.63) is 0 Å². The van der Waals surface area contributed by atoms with Gasteiger partial charge in [-0.2, -0.15) is 0 Å². The Labute approximate surface area is 142 Å². The lowest BCUT2D eigenvalue weighted by molar-refractivity contribution is -0.143. The summed E-state index contributed by atoms with van der Waals surface area (Å²) in [5.41, 5.74) is 5.37. The van der Waals surface area contributed by atoms with Crippen molar-refractivity contribution in [1.29, 1.82) is 0 Å². The van der Waals surface area contributed by atoms with E-state index in [1.54, 1.807) is 7.05 Å². The van der Waals surface area contributed by atoms with E-state index in [0.29, 0.717) is 19.4 Å². The second-order valence-corrected chi connectivity index (χ2v) is 6.36. The Morgan fingerprint density at radius 1 is 1.21 bits per heavy atom. The molecule has 24 heavy (non-hydrogen) atoms. The summed E-state index contributed by atoms with van der Waals surface area (Å²) in [7, 11) is 1.55. The summed E-state index contributed by atoms with van der Waals surface area (Å²) in [6.07, 6.45) is 1.92. The fourth-order valence-corrected chi connectivity index (χ4v) is 3.06. The van der Waals surface area contributed by atoms with Gasteiger partial charge >= 0.3 is 0 Å². The molecule has 8 nitrogen and oxygen atoms in total. The lowest BCUT2D eigenvalue weighted by atomic mass is 10.0. The molecular formula is C16H28N4O4. The molecule has 3 amide bonds. The molecule has 1 rings (SSSR count). The Balaban J connectivity index is 2.72. The van der Waals surface area contributed by atoms with E-state index in [0.717, 1.165) is 6.42 Å². The summed E-state index contributed by atoms with van der Waals surface area (Å²) in [6, 6.07) is -0.844. The highest BCUT2D eigenvalue weighted by Gasteiger charge is 2.36. The molecule has 0 saturated heterocycles. The molecule has 1 saturated carbocycles. The van der Waals surface area contributed by atoms with Crippen LogP contribution in [0.4, 0.5) is 0 Å². The normalized spacial score (nSPS) is 21.0. The van der Waals surface area contributed by atoms with Crippen LogP contribution < -0.4 is 16.4 Å². The molecule has 136 valence electrons. The molecule has 4 N–H and O–H groups in total. The van der Waals surface area contributed by atoms with Crippen LogP contribution in [0, 0.1) is 5.92 Å². The van der Waals surface area contributed by atoms with Crippen molar-refractivity contribution in [2.45, 2.75) is 51.6 Å². The van der Waals surface area contributed by atoms with Crippen LogP contribution in [0.5, 0.6) is 0 Å². The standard InChI is InChI=1S/C16H28N4O4/c1-10(21)8-14(15(23)18-7-6-17)20(3)16(24)12-4-5-13(9-12)19-11(2)22/h12-14H,4-9,17H2,1-3H3,(H,18,23)(H,19,22). The first-order valence-electron chi connectivity index (χ1n) is 8.27. The van der Waals surface area contributed by atoms with Gasteiger partial charge in [0, 0.05) is 45.4 Å². The van der Waals surface area contributed by atoms with Crippen LogP contribution in [0.15, 0.2) is 0 Å². The van der Waals surface area contributed by atoms with Gasteiger partial charge < -0.3 is 21.3 Å². The molecule has 0 radical (unpaired) electrons. The molecule has 1 aliphatic rings. The number of ketones is 1. The first-order valence-corrected chi connectivity index (χ1v) is 8.27. The zero-order valence-electron chi connectivity index (χ0n) is 14.6. The second kappa shape index (κ2) is 9.36. The van der Waals surface area contributed by atoms with Gasteiger partial charge in [-0.3, -0.25) is 19.2 Å². The summed E-state index contributed by atoms with van der Waals surface area (Å²) < 4.78 is 0. The van der Waals surface area contributed by atoms with Crippen molar-refractivity contribution < 1.29 is 19.2 Å². The lowest BCUT2D eigenvalue weighted by Crippen LogP contribution is -2.50. The molecule has 0 bridgehead atoms. The Kier molecular flexibility index (Phi) is 7.84. The van der Waals surface area contributed by atoms with Crippen LogP contribution in [0.25, 0.3) is 0 Å². The summed E-state index contributed by atoms with van der Waals surface area (Å²) in [4.78, 5) is 48.9. The van der Waals surface area contributed by atoms with Crippen molar-refractivity contribution in [3.8, 4) is 0 Å². The number of hydrogen-bond donors (Lipinski definition) is 3. The van der Waals surface area contributed by atoms with E-state index in [-0.39, 0.29) is 48.4 Å². The van der Waals surface area contributed by atoms with Crippen LogP contribution in [0.2, 0.25) is 0 Å². The fourth-order valence-electron chi connectivity index (χ4n) is 3.06. The maximum absolute atomic E-state index is 12.7. The quantitative estimate of drug-likeness (QED) is 0.532. The number of Topliss-reactive ketones (excluding diaryl/α,β-unsaturated/α-hetero) is 1. The van der Waals surface area contributed by atoms with E-state index < -0.39 is 6.04 Å². The number of likely N-dealkylation sites (N-methyl/N-ethyl adjacent to an activating group) is 1. The highest BCUT2D eigenvalue weighted by Crippen LogP contribution is 2.28. The minimum Gasteiger partial charge on any atom is -0.354 e. The number of nitrogens with zero attached hydrogens (tertiary/aromatic N) is 1. The number of amides is 3. The third-order valence-corrected chi connectivity index (χ3v) is 4.23. The van der Waals surface area contributed by atoms with Gasteiger partial charge in [-0.1, -0.05) is 0 Å². The van der Waals surface area contributed by atoms with E-state index in [4.69, 9.17) is 5.73 Å². The maximum atomic E-state index is 12.7. The molecule has 1 aliphatic carbocycles. The predicted octanol–water partition coefficient (Wildman–Crippen LogP) is -0.828. The zero-order chi connectivity index (χ0) is 18.3. The van der Waals surface area contributed by atoms with E-state index in [2.05, 4.69) is 10.6 Å². The van der Waals surface area contributed by atoms with E-state index in [9.17, 15) is 19.2 Å². The van der Waals surface area contributed by atoms with E-state index in [1.807, 2.05) is 0 Å². The lowest BCUT2D eigenvalue weighted by Gasteiger charge is -2.29. The Morgan fingerprint density at radius 3 is 2.42 bits per heavy atom. The van der Waals surface area contributed by atoms with Crippen LogP contribution in [0.3, 0.4) is 0 Å². The third kappa shape index (κ3) is 5.92. The number of rotatable bonds is 8. The number of nitrogens with two attached hydrogens (primary N) is 1. The Hall–Kier alpha value is -1.96. The molecule has 0 aromatic heterocycles. The molecule has 0 aromatic carbocycles. The molecule has 3 unspecified atom stereocenters. The van der Waals surface area contributed by atoms with E-state index >= 15 is 0 Å². The molecule has 8 heteroatoms. The van der Waals surface area contributed by atoms with Gasteiger partial charge in [-0.05, 0) is 26.2 Å². The molecule has 0 heterocycles. The van der Waals surface area contributed by atoms with Crippen molar-refractivity contribution in [1.82, 2.24) is 15.5 Å². The average molecular weight is 340 g/mol. The Morgan fingerprint density at radius 2 is 1.88 bits per heavy atom. The minimum atomic E-state index is -0.832. The Bertz CT molecular complexity index is 494. The SMILES string of the molecule is CC(=O)CC(C(=O)NCCN)N(C)C(=O)C1CCC(NC(C)=O)C1. The first-order chi connectivity index (χ1) is 11.3. The van der Waals surface area contributed by atoms with Gasteiger partial charge in [0.25, 0.3) is 0 Å². The van der Waals surface area contributed by atoms with Crippen LogP contribution in [0.1, 0.15) is 39.5 Å². The molecule has 3 atom stereocenters. The number of hydrogen-bond acceptors (Lipinski definition) is 5. The van der Waals surface area contributed by atoms with Crippen molar-refractivity contribution in [2.75, 3.05) is 20.1 Å². The van der Waals surface area contributed by atoms with Gasteiger partial charge in [0.2, 0.25) is 17.7 Å². The summed E-state index contributed by atoms with van der Waals surface area (Å²) in [6.45, 7) is 3.43. The van der Waals surface area contributed by atoms with Crippen LogP contribution in [-0.4, -0.2) is 60.6 Å². The average Bonchev–Trinajstić information content (AvgIpc) is 2.96. The number of carbonyl (C=O) groups excluding carboxylic acids is 4. The van der Waals surface area contributed by atoms with Gasteiger partial charge in [0.15, 0.2) is 0 Å². The monoisotopic (exact) mass is 340 g/mol. The highest BCUT2D eigenvalue weighted by molar-refractivity contribution is 5.92. The minimum absolute atomic E-state index is 0.0119. The smallest absolute Gasteiger partial charge is 0.243 e. The predicted molar refractivity (Wildman–Crippen MR) is 88.9 cm³/mol. The topological polar surface area (TPSA) is 122 Å². The zero-order valence-corrected chi connectivity index (χ0v) is 14.6. The second-order valence-electron chi connectivity index (χ2n) is 6.36. The first kappa shape index (κ1) is 20.1. The van der Waals surface area contributed by atoms with Crippen molar-refractivity contribution in [3.63, 3.8) is 0 Å². The van der Waals surface area contributed by atoms with Gasteiger partial charge in [0.1, 0.15) is 11.8 Å². The molecule has 1 fully saturated rings. The van der Waals surface area contributed by atoms with Gasteiger partial charge in [-0.15, -0.1) is 0 Å². The molecule has 0 spiro atoms. The number of nitrogens with one attached hydrogen (secondary N) is 2. The molecular weight excluding hydrogens is 312 g/mol. The number of carbonyl (C=O) groups is 4. The van der Waals surface area contributed by atoms with E-state index in [1.165, 1.54) is 18.7 Å². The fraction of sp³-hybridized carbons (Fsp3) is 0.750. The summed E-state index contributed by atoms with van der Waals surface area (Å²) in [5.74, 6) is -1.06.